The molecule has 5 nitrogen and oxygen atoms in total. The molecule has 0 spiro atoms. The number of amides is 1. The van der Waals surface area contributed by atoms with E-state index in [0.29, 0.717) is 31.5 Å². The number of hydrogen-bond donors (Lipinski definition) is 1. The summed E-state index contributed by atoms with van der Waals surface area (Å²) in [5, 5.41) is 9.52. The first-order valence-corrected chi connectivity index (χ1v) is 8.32. The van der Waals surface area contributed by atoms with Crippen molar-refractivity contribution < 1.29 is 9.90 Å². The molecule has 2 aliphatic rings. The molecule has 0 saturated carbocycles. The largest absolute Gasteiger partial charge is 0.393 e. The van der Waals surface area contributed by atoms with Crippen molar-refractivity contribution in [3.63, 3.8) is 0 Å². The summed E-state index contributed by atoms with van der Waals surface area (Å²) in [6.45, 7) is 5.65. The highest BCUT2D eigenvalue weighted by Crippen LogP contribution is 2.22. The van der Waals surface area contributed by atoms with Crippen molar-refractivity contribution in [2.45, 2.75) is 38.7 Å². The molecule has 3 rings (SSSR count). The monoisotopic (exact) mass is 303 g/mol. The molecular weight excluding hydrogens is 278 g/mol. The summed E-state index contributed by atoms with van der Waals surface area (Å²) in [5.74, 6) is 1.79. The normalized spacial score (nSPS) is 21.2. The Hall–Kier alpha value is -1.62. The van der Waals surface area contributed by atoms with Crippen LogP contribution in [0.25, 0.3) is 0 Å². The van der Waals surface area contributed by atoms with Crippen LogP contribution in [-0.2, 0) is 0 Å². The standard InChI is InChI=1S/C17H25N3O2/c1-13-4-8-19(9-5-13)16-3-2-14(12-18-16)17(22)20-10-6-15(21)7-11-20/h2-3,12-13,15,21H,4-11H2,1H3. The number of aromatic nitrogens is 1. The summed E-state index contributed by atoms with van der Waals surface area (Å²) in [7, 11) is 0. The van der Waals surface area contributed by atoms with Crippen molar-refractivity contribution in [2.75, 3.05) is 31.1 Å². The minimum absolute atomic E-state index is 0.0261. The van der Waals surface area contributed by atoms with Gasteiger partial charge in [-0.1, -0.05) is 6.92 Å². The van der Waals surface area contributed by atoms with Crippen LogP contribution in [0.5, 0.6) is 0 Å². The maximum atomic E-state index is 12.4. The van der Waals surface area contributed by atoms with Crippen LogP contribution in [-0.4, -0.2) is 53.2 Å². The number of carbonyl (C=O) groups is 1. The highest BCUT2D eigenvalue weighted by Gasteiger charge is 2.23. The number of anilines is 1. The number of hydrogen-bond acceptors (Lipinski definition) is 4. The summed E-state index contributed by atoms with van der Waals surface area (Å²) >= 11 is 0. The summed E-state index contributed by atoms with van der Waals surface area (Å²) in [5.41, 5.74) is 0.644. The molecule has 0 bridgehead atoms. The smallest absolute Gasteiger partial charge is 0.255 e. The van der Waals surface area contributed by atoms with Gasteiger partial charge in [-0.2, -0.15) is 0 Å². The van der Waals surface area contributed by atoms with E-state index in [1.165, 1.54) is 12.8 Å². The topological polar surface area (TPSA) is 56.7 Å². The third-order valence-corrected chi connectivity index (χ3v) is 4.85. The fraction of sp³-hybridized carbons (Fsp3) is 0.647. The van der Waals surface area contributed by atoms with E-state index in [2.05, 4.69) is 16.8 Å². The number of piperidine rings is 2. The van der Waals surface area contributed by atoms with Crippen LogP contribution < -0.4 is 4.90 Å². The van der Waals surface area contributed by atoms with Crippen LogP contribution >= 0.6 is 0 Å². The number of aliphatic hydroxyl groups excluding tert-OH is 1. The molecule has 120 valence electrons. The van der Waals surface area contributed by atoms with Gasteiger partial charge in [0.1, 0.15) is 5.82 Å². The Labute approximate surface area is 131 Å². The molecule has 22 heavy (non-hydrogen) atoms. The molecule has 3 heterocycles. The number of pyridine rings is 1. The van der Waals surface area contributed by atoms with Gasteiger partial charge in [-0.05, 0) is 43.7 Å². The Balaban J connectivity index is 1.62. The number of nitrogens with zero attached hydrogens (tertiary/aromatic N) is 3. The number of aliphatic hydroxyl groups is 1. The molecule has 2 saturated heterocycles. The van der Waals surface area contributed by atoms with Crippen LogP contribution in [0.15, 0.2) is 18.3 Å². The Morgan fingerprint density at radius 1 is 1.14 bits per heavy atom. The van der Waals surface area contributed by atoms with E-state index in [1.807, 2.05) is 17.0 Å². The van der Waals surface area contributed by atoms with Gasteiger partial charge in [0.25, 0.3) is 5.91 Å². The van der Waals surface area contributed by atoms with Gasteiger partial charge in [-0.3, -0.25) is 4.79 Å². The molecule has 5 heteroatoms. The summed E-state index contributed by atoms with van der Waals surface area (Å²) in [6, 6.07) is 3.84. The SMILES string of the molecule is CC1CCN(c2ccc(C(=O)N3CCC(O)CC3)cn2)CC1. The number of carbonyl (C=O) groups excluding carboxylic acids is 1. The Bertz CT molecular complexity index is 501. The first kappa shape index (κ1) is 15.3. The third-order valence-electron chi connectivity index (χ3n) is 4.85. The van der Waals surface area contributed by atoms with Gasteiger partial charge in [0, 0.05) is 32.4 Å². The Morgan fingerprint density at radius 3 is 2.41 bits per heavy atom. The maximum absolute atomic E-state index is 12.4. The second-order valence-electron chi connectivity index (χ2n) is 6.60. The minimum Gasteiger partial charge on any atom is -0.393 e. The predicted octanol–water partition coefficient (Wildman–Crippen LogP) is 1.91. The van der Waals surface area contributed by atoms with E-state index in [0.717, 1.165) is 24.8 Å². The van der Waals surface area contributed by atoms with Crippen molar-refractivity contribution in [3.8, 4) is 0 Å². The van der Waals surface area contributed by atoms with Crippen molar-refractivity contribution in [3.05, 3.63) is 23.9 Å². The molecule has 2 fully saturated rings. The van der Waals surface area contributed by atoms with E-state index in [9.17, 15) is 9.90 Å². The van der Waals surface area contributed by atoms with Crippen LogP contribution in [0.4, 0.5) is 5.82 Å². The van der Waals surface area contributed by atoms with Gasteiger partial charge in [-0.25, -0.2) is 4.98 Å². The first-order chi connectivity index (χ1) is 10.6. The van der Waals surface area contributed by atoms with Crippen LogP contribution in [0.3, 0.4) is 0 Å². The average molecular weight is 303 g/mol. The third kappa shape index (κ3) is 3.40. The second-order valence-corrected chi connectivity index (χ2v) is 6.60. The molecule has 1 N–H and O–H groups in total. The van der Waals surface area contributed by atoms with Gasteiger partial charge < -0.3 is 14.9 Å². The quantitative estimate of drug-likeness (QED) is 0.907. The van der Waals surface area contributed by atoms with Crippen LogP contribution in [0, 0.1) is 5.92 Å². The van der Waals surface area contributed by atoms with E-state index >= 15 is 0 Å². The predicted molar refractivity (Wildman–Crippen MR) is 86.0 cm³/mol. The molecule has 0 aliphatic carbocycles. The van der Waals surface area contributed by atoms with Crippen LogP contribution in [0.1, 0.15) is 43.0 Å². The van der Waals surface area contributed by atoms with Crippen molar-refractivity contribution in [1.29, 1.82) is 0 Å². The van der Waals surface area contributed by atoms with Gasteiger partial charge in [0.05, 0.1) is 11.7 Å². The molecule has 0 unspecified atom stereocenters. The molecule has 0 radical (unpaired) electrons. The lowest BCUT2D eigenvalue weighted by Gasteiger charge is -2.31. The minimum atomic E-state index is -0.258. The zero-order chi connectivity index (χ0) is 15.5. The van der Waals surface area contributed by atoms with E-state index < -0.39 is 0 Å². The van der Waals surface area contributed by atoms with Crippen molar-refractivity contribution >= 4 is 11.7 Å². The zero-order valence-electron chi connectivity index (χ0n) is 13.2. The number of likely N-dealkylation sites (tertiary alicyclic amines) is 1. The van der Waals surface area contributed by atoms with Gasteiger partial charge in [0.2, 0.25) is 0 Å². The van der Waals surface area contributed by atoms with E-state index in [-0.39, 0.29) is 12.0 Å². The lowest BCUT2D eigenvalue weighted by atomic mass is 9.99. The molecular formula is C17H25N3O2. The first-order valence-electron chi connectivity index (χ1n) is 8.32. The highest BCUT2D eigenvalue weighted by atomic mass is 16.3. The highest BCUT2D eigenvalue weighted by molar-refractivity contribution is 5.94. The molecule has 2 aliphatic heterocycles. The Morgan fingerprint density at radius 2 is 1.82 bits per heavy atom. The second kappa shape index (κ2) is 6.65. The molecule has 1 aromatic heterocycles. The summed E-state index contributed by atoms with van der Waals surface area (Å²) < 4.78 is 0. The Kier molecular flexibility index (Phi) is 4.62. The lowest BCUT2D eigenvalue weighted by molar-refractivity contribution is 0.0546. The average Bonchev–Trinajstić information content (AvgIpc) is 2.56. The number of rotatable bonds is 2. The van der Waals surface area contributed by atoms with Crippen molar-refractivity contribution in [2.24, 2.45) is 5.92 Å². The molecule has 1 amide bonds. The van der Waals surface area contributed by atoms with E-state index in [1.54, 1.807) is 6.20 Å². The van der Waals surface area contributed by atoms with E-state index in [4.69, 9.17) is 0 Å². The van der Waals surface area contributed by atoms with Gasteiger partial charge in [0.15, 0.2) is 0 Å². The summed E-state index contributed by atoms with van der Waals surface area (Å²) in [4.78, 5) is 21.0. The zero-order valence-corrected chi connectivity index (χ0v) is 13.2. The van der Waals surface area contributed by atoms with Crippen molar-refractivity contribution in [1.82, 2.24) is 9.88 Å². The molecule has 0 aromatic carbocycles. The molecule has 0 atom stereocenters. The van der Waals surface area contributed by atoms with Crippen LogP contribution in [0.2, 0.25) is 0 Å². The van der Waals surface area contributed by atoms with Gasteiger partial charge in [-0.15, -0.1) is 0 Å². The maximum Gasteiger partial charge on any atom is 0.255 e. The molecule has 1 aromatic rings. The van der Waals surface area contributed by atoms with Gasteiger partial charge >= 0.3 is 0 Å². The fourth-order valence-electron chi connectivity index (χ4n) is 3.19. The fourth-order valence-corrected chi connectivity index (χ4v) is 3.19. The summed E-state index contributed by atoms with van der Waals surface area (Å²) in [6.07, 6.45) is 5.19. The lowest BCUT2D eigenvalue weighted by Crippen LogP contribution is -2.40.